The van der Waals surface area contributed by atoms with Gasteiger partial charge in [-0.3, -0.25) is 4.98 Å². The second-order valence-corrected chi connectivity index (χ2v) is 6.33. The molecule has 0 amide bonds. The lowest BCUT2D eigenvalue weighted by atomic mass is 9.93. The predicted molar refractivity (Wildman–Crippen MR) is 96.7 cm³/mol. The highest BCUT2D eigenvalue weighted by atomic mass is 14.7. The second kappa shape index (κ2) is 5.86. The molecule has 0 saturated carbocycles. The van der Waals surface area contributed by atoms with Crippen LogP contribution in [0.4, 0.5) is 5.69 Å². The van der Waals surface area contributed by atoms with Crippen molar-refractivity contribution in [2.45, 2.75) is 19.4 Å². The van der Waals surface area contributed by atoms with E-state index in [0.717, 1.165) is 27.9 Å². The fourth-order valence-corrected chi connectivity index (χ4v) is 2.61. The smallest absolute Gasteiger partial charge is 0.0781 e. The average Bonchev–Trinajstić information content (AvgIpc) is 2.55. The van der Waals surface area contributed by atoms with Crippen molar-refractivity contribution >= 4 is 5.69 Å². The minimum absolute atomic E-state index is 0.352. The number of nitrogens with zero attached hydrogens (tertiary/aromatic N) is 1. The van der Waals surface area contributed by atoms with E-state index in [1.54, 1.807) is 6.20 Å². The van der Waals surface area contributed by atoms with Crippen molar-refractivity contribution in [1.82, 2.24) is 4.98 Å². The van der Waals surface area contributed by atoms with Crippen LogP contribution in [-0.2, 0) is 5.54 Å². The number of nitrogen functional groups attached to an aromatic ring is 1. The normalized spacial score (nSPS) is 11.4. The van der Waals surface area contributed by atoms with Gasteiger partial charge >= 0.3 is 0 Å². The van der Waals surface area contributed by atoms with Crippen LogP contribution in [0.1, 0.15) is 19.4 Å². The molecule has 3 heteroatoms. The standard InChI is InChI=1S/C20H21N3/c1-20(2,22)16-10-8-15(9-11-16)19-18(12-17(21)13-23-19)14-6-4-3-5-7-14/h3-13H,21-22H2,1-2H3. The molecule has 0 spiro atoms. The number of pyridine rings is 1. The van der Waals surface area contributed by atoms with Gasteiger partial charge in [-0.15, -0.1) is 0 Å². The summed E-state index contributed by atoms with van der Waals surface area (Å²) >= 11 is 0. The molecule has 0 radical (unpaired) electrons. The third-order valence-electron chi connectivity index (χ3n) is 3.90. The number of hydrogen-bond donors (Lipinski definition) is 2. The maximum Gasteiger partial charge on any atom is 0.0781 e. The van der Waals surface area contributed by atoms with Gasteiger partial charge < -0.3 is 11.5 Å². The molecule has 3 rings (SSSR count). The molecule has 0 atom stereocenters. The van der Waals surface area contributed by atoms with Crippen molar-refractivity contribution in [3.8, 4) is 22.4 Å². The molecule has 23 heavy (non-hydrogen) atoms. The quantitative estimate of drug-likeness (QED) is 0.762. The molecule has 1 aromatic heterocycles. The summed E-state index contributed by atoms with van der Waals surface area (Å²) in [7, 11) is 0. The van der Waals surface area contributed by atoms with Crippen molar-refractivity contribution in [3.05, 3.63) is 72.4 Å². The van der Waals surface area contributed by atoms with E-state index in [0.29, 0.717) is 5.69 Å². The van der Waals surface area contributed by atoms with E-state index in [4.69, 9.17) is 11.5 Å². The molecular formula is C20H21N3. The Morgan fingerprint density at radius 3 is 2.13 bits per heavy atom. The molecule has 0 aliphatic rings. The number of hydrogen-bond acceptors (Lipinski definition) is 3. The molecule has 3 nitrogen and oxygen atoms in total. The first-order valence-corrected chi connectivity index (χ1v) is 7.66. The lowest BCUT2D eigenvalue weighted by Crippen LogP contribution is -2.28. The number of nitrogens with two attached hydrogens (primary N) is 2. The minimum atomic E-state index is -0.352. The summed E-state index contributed by atoms with van der Waals surface area (Å²) in [5, 5.41) is 0. The molecule has 0 saturated heterocycles. The van der Waals surface area contributed by atoms with Crippen molar-refractivity contribution in [3.63, 3.8) is 0 Å². The van der Waals surface area contributed by atoms with E-state index in [-0.39, 0.29) is 5.54 Å². The highest BCUT2D eigenvalue weighted by Crippen LogP contribution is 2.32. The Balaban J connectivity index is 2.10. The first kappa shape index (κ1) is 15.3. The SMILES string of the molecule is CC(C)(N)c1ccc(-c2ncc(N)cc2-c2ccccc2)cc1. The highest BCUT2D eigenvalue weighted by molar-refractivity contribution is 5.82. The van der Waals surface area contributed by atoms with E-state index in [1.807, 2.05) is 38.1 Å². The van der Waals surface area contributed by atoms with Gasteiger partial charge in [0.25, 0.3) is 0 Å². The Morgan fingerprint density at radius 2 is 1.52 bits per heavy atom. The summed E-state index contributed by atoms with van der Waals surface area (Å²) in [6.45, 7) is 4.00. The lowest BCUT2D eigenvalue weighted by molar-refractivity contribution is 0.554. The Morgan fingerprint density at radius 1 is 0.870 bits per heavy atom. The zero-order valence-electron chi connectivity index (χ0n) is 13.5. The van der Waals surface area contributed by atoms with E-state index in [9.17, 15) is 0 Å². The fourth-order valence-electron chi connectivity index (χ4n) is 2.61. The van der Waals surface area contributed by atoms with Gasteiger partial charge in [0.05, 0.1) is 17.6 Å². The van der Waals surface area contributed by atoms with Crippen LogP contribution in [0.2, 0.25) is 0 Å². The molecule has 1 heterocycles. The van der Waals surface area contributed by atoms with Crippen LogP contribution in [-0.4, -0.2) is 4.98 Å². The maximum atomic E-state index is 6.15. The summed E-state index contributed by atoms with van der Waals surface area (Å²) in [6, 6.07) is 20.4. The minimum Gasteiger partial charge on any atom is -0.397 e. The van der Waals surface area contributed by atoms with Crippen LogP contribution in [0, 0.1) is 0 Å². The highest BCUT2D eigenvalue weighted by Gasteiger charge is 2.15. The summed E-state index contributed by atoms with van der Waals surface area (Å²) in [6.07, 6.45) is 1.70. The molecule has 0 aliphatic heterocycles. The number of benzene rings is 2. The van der Waals surface area contributed by atoms with Gasteiger partial charge in [-0.2, -0.15) is 0 Å². The molecule has 0 bridgehead atoms. The maximum absolute atomic E-state index is 6.15. The van der Waals surface area contributed by atoms with Crippen LogP contribution in [0.25, 0.3) is 22.4 Å². The van der Waals surface area contributed by atoms with E-state index in [1.165, 1.54) is 0 Å². The van der Waals surface area contributed by atoms with Gasteiger partial charge in [-0.1, -0.05) is 54.6 Å². The Labute approximate surface area is 137 Å². The predicted octanol–water partition coefficient (Wildman–Crippen LogP) is 4.19. The number of rotatable bonds is 3. The molecule has 0 aliphatic carbocycles. The van der Waals surface area contributed by atoms with Gasteiger partial charge in [-0.25, -0.2) is 0 Å². The van der Waals surface area contributed by atoms with Crippen LogP contribution in [0.15, 0.2) is 66.9 Å². The van der Waals surface area contributed by atoms with Crippen LogP contribution >= 0.6 is 0 Å². The number of aromatic nitrogens is 1. The summed E-state index contributed by atoms with van der Waals surface area (Å²) in [5.74, 6) is 0. The van der Waals surface area contributed by atoms with Crippen LogP contribution < -0.4 is 11.5 Å². The third kappa shape index (κ3) is 3.25. The average molecular weight is 303 g/mol. The van der Waals surface area contributed by atoms with Gasteiger partial charge in [-0.05, 0) is 31.0 Å². The first-order valence-electron chi connectivity index (χ1n) is 7.66. The summed E-state index contributed by atoms with van der Waals surface area (Å²) in [5.41, 5.74) is 17.6. The molecule has 0 unspecified atom stereocenters. The molecule has 2 aromatic carbocycles. The van der Waals surface area contributed by atoms with Gasteiger partial charge in [0, 0.05) is 16.7 Å². The molecule has 0 fully saturated rings. The molecule has 3 aromatic rings. The van der Waals surface area contributed by atoms with E-state index >= 15 is 0 Å². The van der Waals surface area contributed by atoms with Gasteiger partial charge in [0.1, 0.15) is 0 Å². The molecule has 116 valence electrons. The van der Waals surface area contributed by atoms with Crippen molar-refractivity contribution in [2.75, 3.05) is 5.73 Å². The van der Waals surface area contributed by atoms with E-state index in [2.05, 4.69) is 41.4 Å². The third-order valence-corrected chi connectivity index (χ3v) is 3.90. The van der Waals surface area contributed by atoms with Crippen LogP contribution in [0.5, 0.6) is 0 Å². The topological polar surface area (TPSA) is 64.9 Å². The Hall–Kier alpha value is -2.65. The molecule has 4 N–H and O–H groups in total. The zero-order valence-corrected chi connectivity index (χ0v) is 13.5. The lowest BCUT2D eigenvalue weighted by Gasteiger charge is -2.19. The molecular weight excluding hydrogens is 282 g/mol. The second-order valence-electron chi connectivity index (χ2n) is 6.33. The number of anilines is 1. The van der Waals surface area contributed by atoms with Crippen molar-refractivity contribution < 1.29 is 0 Å². The summed E-state index contributed by atoms with van der Waals surface area (Å²) in [4.78, 5) is 4.56. The Kier molecular flexibility index (Phi) is 3.89. The zero-order chi connectivity index (χ0) is 16.4. The van der Waals surface area contributed by atoms with Crippen molar-refractivity contribution in [2.24, 2.45) is 5.73 Å². The largest absolute Gasteiger partial charge is 0.397 e. The van der Waals surface area contributed by atoms with Crippen molar-refractivity contribution in [1.29, 1.82) is 0 Å². The van der Waals surface area contributed by atoms with Crippen LogP contribution in [0.3, 0.4) is 0 Å². The van der Waals surface area contributed by atoms with Gasteiger partial charge in [0.15, 0.2) is 0 Å². The van der Waals surface area contributed by atoms with E-state index < -0.39 is 0 Å². The first-order chi connectivity index (χ1) is 10.9. The fraction of sp³-hybridized carbons (Fsp3) is 0.150. The monoisotopic (exact) mass is 303 g/mol. The van der Waals surface area contributed by atoms with Gasteiger partial charge in [0.2, 0.25) is 0 Å². The summed E-state index contributed by atoms with van der Waals surface area (Å²) < 4.78 is 0. The Bertz CT molecular complexity index is 801.